The fourth-order valence-electron chi connectivity index (χ4n) is 20.4. The number of aryl methyl sites for hydroxylation is 4. The summed E-state index contributed by atoms with van der Waals surface area (Å²) in [5, 5.41) is 25.8. The molecule has 6 atom stereocenters. The van der Waals surface area contributed by atoms with Gasteiger partial charge in [0.1, 0.15) is 51.1 Å². The number of carbonyl (C=O) groups excluding carboxylic acids is 8. The van der Waals surface area contributed by atoms with Crippen LogP contribution in [0.2, 0.25) is 0 Å². The Kier molecular flexibility index (Phi) is 37.9. The zero-order valence-electron chi connectivity index (χ0n) is 85.7. The number of hydrogen-bond acceptors (Lipinski definition) is 23. The Bertz CT molecular complexity index is 6770. The Balaban J connectivity index is 0.000000221. The standard InChI is InChI=1S/C59H64N3O10S2.C58H62N4O10S2.CH4.Y/c1-6-21-70-34-47(63)28-43(58(67)68)35-73-74-59(3,4)20-19-55(64)60-44-24-37(32-71-52-29-39-15-17-45-26-41-11-7-9-13-50(41)61(45)56(65)48(39)22-36(52)2)23-38(25-44)33-72-54-30-40-16-18-46-27-42-12-8-10-14-51(42)62(46)57(66)49(40)31-53(54)69-5;1-6-19-70-33-45(63)26-41(57(67)68)34-73-74-58(3,4)18-17-54(64)60-42-22-36(31-71-51-29-48-47(20-35(51)2)56(66)62-44(30-59-48)25-40-12-8-10-14-50(40)62)21-37(23-42)32-72-53-27-38-15-16-43-24-39-11-7-9-13-49(39)61(43)55(65)46(38)28-52(53)69-5;;/h7-14,17,22-25,29-31,43,45-46H,6,15-16,18-21,26-28,32-35H2,1-5H3,(H,60,64)(H,67,68);7-14,20-23,27-30,41,43-44H,6,15-19,24-26,31-34H2,1-5H3,(H,60,64)(H,67,68);1H4;/q-1;;;/t43?,45-,46-;41?,43-,44+;;/m11../s1. The second kappa shape index (κ2) is 50.6. The Labute approximate surface area is 918 Å². The average Bonchev–Trinajstić information content (AvgIpc) is 1.62. The van der Waals surface area contributed by atoms with Crippen molar-refractivity contribution in [2.45, 2.75) is 232 Å². The van der Waals surface area contributed by atoms with Crippen LogP contribution in [0.1, 0.15) is 227 Å². The second-order valence-corrected chi connectivity index (χ2v) is 46.3. The number of nitrogens with one attached hydrogen (secondary N) is 2. The molecule has 6 amide bonds. The van der Waals surface area contributed by atoms with Crippen LogP contribution in [0, 0.1) is 32.1 Å². The Morgan fingerprint density at radius 2 is 0.833 bits per heavy atom. The van der Waals surface area contributed by atoms with E-state index in [2.05, 4.69) is 35.3 Å². The molecule has 0 saturated carbocycles. The summed E-state index contributed by atoms with van der Waals surface area (Å²) in [6.07, 6.45) is 13.6. The molecule has 785 valence electrons. The monoisotopic (exact) mass is 2180 g/mol. The molecule has 0 aliphatic carbocycles. The predicted molar refractivity (Wildman–Crippen MR) is 589 cm³/mol. The number of Topliss-reactive ketones (excluding diaryl/α,β-unsaturated/α-hetero) is 2. The van der Waals surface area contributed by atoms with Gasteiger partial charge in [0.2, 0.25) is 11.8 Å². The van der Waals surface area contributed by atoms with Crippen molar-refractivity contribution in [3.63, 3.8) is 0 Å². The summed E-state index contributed by atoms with van der Waals surface area (Å²) in [4.78, 5) is 145. The smallest absolute Gasteiger partial charge is 0.307 e. The molecule has 8 heterocycles. The first-order chi connectivity index (χ1) is 71.4. The van der Waals surface area contributed by atoms with Crippen LogP contribution in [0.5, 0.6) is 34.5 Å². The number of para-hydroxylation sites is 4. The number of ketones is 2. The van der Waals surface area contributed by atoms with E-state index in [0.29, 0.717) is 126 Å². The minimum Gasteiger partial charge on any atom is -0.493 e. The largest absolute Gasteiger partial charge is 0.493 e. The number of nitrogens with zero attached hydrogens (tertiary/aromatic N) is 5. The maximum absolute atomic E-state index is 14.2. The number of carbonyl (C=O) groups is 10. The summed E-state index contributed by atoms with van der Waals surface area (Å²) in [5.74, 6) is -1.23. The summed E-state index contributed by atoms with van der Waals surface area (Å²) in [7, 11) is 8.91. The fraction of sp³-hybridized carbons (Fsp3) is 0.390. The van der Waals surface area contributed by atoms with Gasteiger partial charge < -0.3 is 79.9 Å². The fourth-order valence-corrected chi connectivity index (χ4v) is 26.2. The molecule has 18 rings (SSSR count). The van der Waals surface area contributed by atoms with E-state index in [9.17, 15) is 58.2 Å². The molecule has 10 aromatic rings. The summed E-state index contributed by atoms with van der Waals surface area (Å²) in [6, 6.07) is 58.6. The van der Waals surface area contributed by atoms with Crippen LogP contribution in [0.4, 0.5) is 39.8 Å². The number of rotatable bonds is 44. The third-order valence-electron chi connectivity index (χ3n) is 28.1. The molecule has 32 heteroatoms. The molecule has 8 aliphatic heterocycles. The van der Waals surface area contributed by atoms with Gasteiger partial charge in [-0.25, -0.2) is 0 Å². The third kappa shape index (κ3) is 26.9. The first kappa shape index (κ1) is 112. The van der Waals surface area contributed by atoms with Gasteiger partial charge >= 0.3 is 11.9 Å². The normalized spacial score (nSPS) is 16.6. The molecule has 0 bridgehead atoms. The van der Waals surface area contributed by atoms with E-state index >= 15 is 0 Å². The zero-order chi connectivity index (χ0) is 104. The van der Waals surface area contributed by atoms with E-state index in [1.165, 1.54) is 59.9 Å². The molecule has 150 heavy (non-hydrogen) atoms. The Hall–Kier alpha value is -11.8. The number of ether oxygens (including phenoxy) is 8. The van der Waals surface area contributed by atoms with Gasteiger partial charge in [-0.1, -0.05) is 149 Å². The van der Waals surface area contributed by atoms with Crippen molar-refractivity contribution < 1.29 is 129 Å². The number of aliphatic imine (C=N–C) groups is 1. The van der Waals surface area contributed by atoms with Crippen LogP contribution in [0.25, 0.3) is 0 Å². The van der Waals surface area contributed by atoms with Gasteiger partial charge in [0.15, 0.2) is 34.6 Å². The maximum Gasteiger partial charge on any atom is 0.307 e. The summed E-state index contributed by atoms with van der Waals surface area (Å²) in [5.41, 5.74) is 19.8. The van der Waals surface area contributed by atoms with E-state index in [1.807, 2.05) is 233 Å². The summed E-state index contributed by atoms with van der Waals surface area (Å²) in [6.45, 7) is 17.0. The molecular formula is C118H130N7O20S4Y-. The predicted octanol–water partition coefficient (Wildman–Crippen LogP) is 22.5. The van der Waals surface area contributed by atoms with Crippen LogP contribution in [0.15, 0.2) is 187 Å². The molecule has 10 aromatic carbocycles. The quantitative estimate of drug-likeness (QED) is 0.0157. The van der Waals surface area contributed by atoms with Crippen molar-refractivity contribution in [2.24, 2.45) is 16.8 Å². The van der Waals surface area contributed by atoms with Crippen LogP contribution >= 0.6 is 43.2 Å². The summed E-state index contributed by atoms with van der Waals surface area (Å²) >= 11 is 0. The number of benzene rings is 10. The van der Waals surface area contributed by atoms with Crippen molar-refractivity contribution in [2.75, 3.05) is 82.4 Å². The number of anilines is 6. The summed E-state index contributed by atoms with van der Waals surface area (Å²) < 4.78 is 47.6. The van der Waals surface area contributed by atoms with Gasteiger partial charge in [0.05, 0.1) is 43.3 Å². The number of fused-ring (bicyclic) bond motifs is 16. The third-order valence-corrected chi connectivity index (χ3v) is 34.9. The molecule has 27 nitrogen and oxygen atoms in total. The first-order valence-electron chi connectivity index (χ1n) is 50.7. The van der Waals surface area contributed by atoms with E-state index in [0.717, 1.165) is 123 Å². The van der Waals surface area contributed by atoms with Gasteiger partial charge in [-0.2, -0.15) is 6.42 Å². The van der Waals surface area contributed by atoms with Crippen LogP contribution in [-0.4, -0.2) is 161 Å². The van der Waals surface area contributed by atoms with Crippen molar-refractivity contribution in [3.8, 4) is 34.5 Å². The molecular weight excluding hydrogens is 2050 g/mol. The van der Waals surface area contributed by atoms with Gasteiger partial charge in [-0.15, -0.1) is 0 Å². The number of amides is 6. The van der Waals surface area contributed by atoms with Crippen molar-refractivity contribution >= 4 is 148 Å². The number of methoxy groups -OCH3 is 2. The molecule has 0 aromatic heterocycles. The maximum atomic E-state index is 14.2. The Morgan fingerprint density at radius 3 is 1.27 bits per heavy atom. The SMILES string of the molecule is C.CCCOCC(=O)CC(CSSC(C)(C)CCC(=O)Nc1cc(COc2cc3c(cc2C)C(=O)N2c4ccccc4C[C@H]2C=N3)cc(COc2cc3c(cc2OC)C(=O)N2c4ccccc4C[C@H]2CC3)c1)C(=O)O.CCCOCC(=O)CC(CSSC(C)(C)CCC(=O)Nc1cc(COc2cc3c(cc2C)C(=O)N2c4ccccc4C[C@H]2[CH-]C3)cc(COc2cc3c(cc2OC)C(=O)N2c4ccccc4C[C@H]2CC3)c1)C(=O)O.[Y]. The molecule has 0 spiro atoms. The van der Waals surface area contributed by atoms with Gasteiger partial charge in [0, 0.05) is 174 Å². The van der Waals surface area contributed by atoms with Crippen LogP contribution in [0.3, 0.4) is 0 Å². The van der Waals surface area contributed by atoms with Crippen LogP contribution < -0.4 is 58.7 Å². The van der Waals surface area contributed by atoms with Gasteiger partial charge in [-0.3, -0.25) is 57.8 Å². The minimum atomic E-state index is -1.02. The second-order valence-electron chi connectivity index (χ2n) is 40.2. The minimum absolute atomic E-state index is 0. The van der Waals surface area contributed by atoms with Crippen LogP contribution in [-0.2, 0) is 142 Å². The molecule has 2 unspecified atom stereocenters. The topological polar surface area (TPSA) is 334 Å². The number of carboxylic acids is 2. The van der Waals surface area contributed by atoms with Crippen molar-refractivity contribution in [1.82, 2.24) is 0 Å². The number of hydrogen-bond donors (Lipinski definition) is 4. The number of aliphatic carboxylic acids is 2. The average molecular weight is 2180 g/mol. The molecule has 1 radical (unpaired) electrons. The van der Waals surface area contributed by atoms with E-state index in [4.69, 9.17) is 42.9 Å². The molecule has 0 fully saturated rings. The van der Waals surface area contributed by atoms with E-state index < -0.39 is 28.5 Å². The Morgan fingerprint density at radius 1 is 0.453 bits per heavy atom. The van der Waals surface area contributed by atoms with Gasteiger partial charge in [-0.05, 0) is 282 Å². The molecule has 8 aliphatic rings. The van der Waals surface area contributed by atoms with Crippen molar-refractivity contribution in [1.29, 1.82) is 0 Å². The zero-order valence-corrected chi connectivity index (χ0v) is 91.8. The van der Waals surface area contributed by atoms with Crippen molar-refractivity contribution in [3.05, 3.63) is 283 Å². The van der Waals surface area contributed by atoms with E-state index in [-0.39, 0.29) is 193 Å². The molecule has 0 saturated heterocycles. The van der Waals surface area contributed by atoms with E-state index in [1.54, 1.807) is 26.4 Å². The number of carboxylic acid groups (broad SMARTS) is 2. The van der Waals surface area contributed by atoms with Gasteiger partial charge in [0.25, 0.3) is 23.6 Å². The molecule has 4 N–H and O–H groups in total. The first-order valence-corrected chi connectivity index (χ1v) is 55.4.